The summed E-state index contributed by atoms with van der Waals surface area (Å²) in [5.41, 5.74) is 0. The first-order valence-corrected chi connectivity index (χ1v) is 10.3. The summed E-state index contributed by atoms with van der Waals surface area (Å²) in [6, 6.07) is 7.54. The second-order valence-corrected chi connectivity index (χ2v) is 8.71. The molecule has 1 aromatic carbocycles. The van der Waals surface area contributed by atoms with Crippen LogP contribution in [0.4, 0.5) is 0 Å². The van der Waals surface area contributed by atoms with Gasteiger partial charge < -0.3 is 14.7 Å². The highest BCUT2D eigenvalue weighted by Crippen LogP contribution is 2.35. The van der Waals surface area contributed by atoms with Gasteiger partial charge >= 0.3 is 5.97 Å². The summed E-state index contributed by atoms with van der Waals surface area (Å²) in [4.78, 5) is 26.9. The van der Waals surface area contributed by atoms with Gasteiger partial charge in [0.25, 0.3) is 0 Å². The summed E-state index contributed by atoms with van der Waals surface area (Å²) >= 11 is 7.66. The highest BCUT2D eigenvalue weighted by atomic mass is 35.5. The van der Waals surface area contributed by atoms with Crippen molar-refractivity contribution in [3.63, 3.8) is 0 Å². The fraction of sp³-hybridized carbons (Fsp3) is 0.579. The first-order chi connectivity index (χ1) is 12.5. The van der Waals surface area contributed by atoms with Gasteiger partial charge in [-0.15, -0.1) is 11.8 Å². The molecule has 26 heavy (non-hydrogen) atoms. The lowest BCUT2D eigenvalue weighted by atomic mass is 9.84. The summed E-state index contributed by atoms with van der Waals surface area (Å²) in [5.74, 6) is -0.850. The molecule has 2 saturated heterocycles. The molecule has 0 spiro atoms. The van der Waals surface area contributed by atoms with Crippen molar-refractivity contribution in [1.82, 2.24) is 4.90 Å². The van der Waals surface area contributed by atoms with Crippen molar-refractivity contribution in [2.24, 2.45) is 11.8 Å². The molecule has 1 amide bonds. The first-order valence-electron chi connectivity index (χ1n) is 9.01. The van der Waals surface area contributed by atoms with E-state index in [-0.39, 0.29) is 23.2 Å². The molecule has 1 N–H and O–H groups in total. The summed E-state index contributed by atoms with van der Waals surface area (Å²) < 4.78 is 5.70. The van der Waals surface area contributed by atoms with Crippen molar-refractivity contribution < 1.29 is 19.4 Å². The van der Waals surface area contributed by atoms with Crippen molar-refractivity contribution in [3.8, 4) is 0 Å². The van der Waals surface area contributed by atoms with E-state index in [0.29, 0.717) is 31.1 Å². The van der Waals surface area contributed by atoms with E-state index >= 15 is 0 Å². The van der Waals surface area contributed by atoms with Crippen molar-refractivity contribution in [2.75, 3.05) is 19.7 Å². The monoisotopic (exact) mass is 397 g/mol. The van der Waals surface area contributed by atoms with Crippen LogP contribution in [0.25, 0.3) is 0 Å². The lowest BCUT2D eigenvalue weighted by molar-refractivity contribution is -0.145. The number of carboxylic acid groups (broad SMARTS) is 1. The molecule has 2 fully saturated rings. The molecule has 2 aliphatic heterocycles. The van der Waals surface area contributed by atoms with Gasteiger partial charge in [0.05, 0.1) is 22.3 Å². The zero-order valence-corrected chi connectivity index (χ0v) is 16.3. The molecule has 1 aromatic rings. The largest absolute Gasteiger partial charge is 0.481 e. The van der Waals surface area contributed by atoms with Crippen LogP contribution in [-0.2, 0) is 14.3 Å². The Bertz CT molecular complexity index is 663. The summed E-state index contributed by atoms with van der Waals surface area (Å²) in [6.07, 6.45) is 1.97. The van der Waals surface area contributed by atoms with E-state index in [9.17, 15) is 14.7 Å². The highest BCUT2D eigenvalue weighted by molar-refractivity contribution is 8.00. The van der Waals surface area contributed by atoms with Crippen LogP contribution in [0, 0.1) is 11.8 Å². The van der Waals surface area contributed by atoms with Gasteiger partial charge in [-0.25, -0.2) is 0 Å². The lowest BCUT2D eigenvalue weighted by Gasteiger charge is -2.36. The number of carbonyl (C=O) groups excluding carboxylic acids is 1. The molecule has 0 radical (unpaired) electrons. The number of carboxylic acids is 1. The van der Waals surface area contributed by atoms with Crippen molar-refractivity contribution in [1.29, 1.82) is 0 Å². The quantitative estimate of drug-likeness (QED) is 0.769. The minimum atomic E-state index is -0.768. The van der Waals surface area contributed by atoms with E-state index in [1.54, 1.807) is 0 Å². The van der Waals surface area contributed by atoms with Crippen LogP contribution < -0.4 is 0 Å². The number of aliphatic carboxylic acids is 1. The third-order valence-electron chi connectivity index (χ3n) is 5.26. The predicted octanol–water partition coefficient (Wildman–Crippen LogP) is 3.55. The summed E-state index contributed by atoms with van der Waals surface area (Å²) in [6.45, 7) is 3.74. The average molecular weight is 398 g/mol. The fourth-order valence-corrected chi connectivity index (χ4v) is 5.06. The summed E-state index contributed by atoms with van der Waals surface area (Å²) in [7, 11) is 0. The molecule has 3 rings (SSSR count). The molecule has 142 valence electrons. The molecule has 0 aliphatic carbocycles. The number of rotatable bonds is 5. The number of ether oxygens (including phenoxy) is 1. The molecule has 3 atom stereocenters. The Morgan fingerprint density at radius 3 is 2.62 bits per heavy atom. The number of hydrogen-bond donors (Lipinski definition) is 1. The molecule has 2 unspecified atom stereocenters. The van der Waals surface area contributed by atoms with E-state index in [1.165, 1.54) is 11.8 Å². The van der Waals surface area contributed by atoms with Gasteiger partial charge in [-0.3, -0.25) is 9.59 Å². The van der Waals surface area contributed by atoms with Crippen LogP contribution in [0.3, 0.4) is 0 Å². The lowest BCUT2D eigenvalue weighted by Crippen LogP contribution is -2.45. The Hall–Kier alpha value is -1.24. The van der Waals surface area contributed by atoms with Crippen molar-refractivity contribution in [2.45, 2.75) is 42.4 Å². The number of thioether (sulfide) groups is 1. The van der Waals surface area contributed by atoms with Crippen molar-refractivity contribution >= 4 is 35.2 Å². The van der Waals surface area contributed by atoms with Gasteiger partial charge in [0.2, 0.25) is 5.91 Å². The van der Waals surface area contributed by atoms with Crippen LogP contribution in [0.1, 0.15) is 26.2 Å². The van der Waals surface area contributed by atoms with Crippen LogP contribution in [0.15, 0.2) is 29.2 Å². The van der Waals surface area contributed by atoms with Gasteiger partial charge in [0.15, 0.2) is 0 Å². The molecular formula is C19H24ClNO4S. The number of benzene rings is 1. The van der Waals surface area contributed by atoms with E-state index in [2.05, 4.69) is 0 Å². The zero-order valence-electron chi connectivity index (χ0n) is 14.8. The molecule has 2 heterocycles. The third kappa shape index (κ3) is 4.35. The number of piperidine rings is 1. The highest BCUT2D eigenvalue weighted by Gasteiger charge is 2.41. The predicted molar refractivity (Wildman–Crippen MR) is 102 cm³/mol. The minimum absolute atomic E-state index is 0.107. The number of halogens is 1. The van der Waals surface area contributed by atoms with Gasteiger partial charge in [0, 0.05) is 24.6 Å². The Labute approximate surface area is 163 Å². The Morgan fingerprint density at radius 1 is 1.27 bits per heavy atom. The molecule has 5 nitrogen and oxygen atoms in total. The Balaban J connectivity index is 1.53. The van der Waals surface area contributed by atoms with Crippen LogP contribution in [-0.4, -0.2) is 52.9 Å². The smallest absolute Gasteiger partial charge is 0.309 e. The summed E-state index contributed by atoms with van der Waals surface area (Å²) in [5, 5.41) is 9.79. The molecular weight excluding hydrogens is 374 g/mol. The van der Waals surface area contributed by atoms with Crippen LogP contribution in [0.5, 0.6) is 0 Å². The fourth-order valence-electron chi connectivity index (χ4n) is 3.83. The number of likely N-dealkylation sites (tertiary alicyclic amines) is 1. The average Bonchev–Trinajstić information content (AvgIpc) is 3.13. The molecule has 0 aromatic heterocycles. The molecule has 0 saturated carbocycles. The maximum absolute atomic E-state index is 12.8. The van der Waals surface area contributed by atoms with Crippen molar-refractivity contribution in [3.05, 3.63) is 29.3 Å². The third-order valence-corrected chi connectivity index (χ3v) is 6.86. The second kappa shape index (κ2) is 8.63. The minimum Gasteiger partial charge on any atom is -0.481 e. The van der Waals surface area contributed by atoms with Gasteiger partial charge in [-0.05, 0) is 44.2 Å². The van der Waals surface area contributed by atoms with Crippen LogP contribution >= 0.6 is 23.4 Å². The topological polar surface area (TPSA) is 66.8 Å². The number of hydrogen-bond acceptors (Lipinski definition) is 4. The second-order valence-electron chi connectivity index (χ2n) is 6.92. The molecule has 7 heteroatoms. The van der Waals surface area contributed by atoms with Gasteiger partial charge in [-0.2, -0.15) is 0 Å². The normalized spacial score (nSPS) is 25.2. The number of nitrogens with zero attached hydrogens (tertiary/aromatic N) is 1. The van der Waals surface area contributed by atoms with Gasteiger partial charge in [-0.1, -0.05) is 23.7 Å². The standard InChI is InChI=1S/C19H24ClNO4S/c1-12(26-16-5-3-2-4-15(16)20)18(22)21-9-6-13(7-10-21)17-14(19(23)24)8-11-25-17/h2-5,12-14,17H,6-11H2,1H3,(H,23,24)/t12?,14?,17-/m0/s1. The molecule has 2 aliphatic rings. The number of amides is 1. The Kier molecular flexibility index (Phi) is 6.48. The first kappa shape index (κ1) is 19.5. The van der Waals surface area contributed by atoms with E-state index in [1.807, 2.05) is 36.1 Å². The van der Waals surface area contributed by atoms with E-state index in [4.69, 9.17) is 16.3 Å². The maximum atomic E-state index is 12.8. The van der Waals surface area contributed by atoms with Crippen LogP contribution in [0.2, 0.25) is 5.02 Å². The number of carbonyl (C=O) groups is 2. The zero-order chi connectivity index (χ0) is 18.7. The maximum Gasteiger partial charge on any atom is 0.309 e. The van der Waals surface area contributed by atoms with Gasteiger partial charge in [0.1, 0.15) is 0 Å². The van der Waals surface area contributed by atoms with E-state index in [0.717, 1.165) is 17.7 Å². The van der Waals surface area contributed by atoms with E-state index < -0.39 is 11.9 Å². The Morgan fingerprint density at radius 2 is 1.96 bits per heavy atom. The SMILES string of the molecule is CC(Sc1ccccc1Cl)C(=O)N1CCC([C@@H]2OCCC2C(=O)O)CC1. The molecule has 0 bridgehead atoms.